The molecule has 1 aromatic heterocycles. The van der Waals surface area contributed by atoms with Gasteiger partial charge < -0.3 is 15.2 Å². The second-order valence-electron chi connectivity index (χ2n) is 6.08. The van der Waals surface area contributed by atoms with Gasteiger partial charge in [0.1, 0.15) is 12.4 Å². The number of imidazole rings is 1. The number of aryl methyl sites for hydroxylation is 1. The van der Waals surface area contributed by atoms with Crippen LogP contribution in [0.5, 0.6) is 0 Å². The summed E-state index contributed by atoms with van der Waals surface area (Å²) >= 11 is 6.04. The number of hydrogen-bond acceptors (Lipinski definition) is 2. The zero-order valence-corrected chi connectivity index (χ0v) is 15.9. The van der Waals surface area contributed by atoms with E-state index in [1.54, 1.807) is 0 Å². The summed E-state index contributed by atoms with van der Waals surface area (Å²) in [5.41, 5.74) is 3.33. The number of para-hydroxylation sites is 2. The number of benzene rings is 2. The number of fused-ring (bicyclic) bond motifs is 1. The average molecular weight is 370 g/mol. The fraction of sp³-hybridized carbons (Fsp3) is 0.300. The first kappa shape index (κ1) is 18.3. The molecule has 2 aromatic carbocycles. The molecule has 0 radical (unpaired) electrons. The summed E-state index contributed by atoms with van der Waals surface area (Å²) in [4.78, 5) is 9.34. The summed E-state index contributed by atoms with van der Waals surface area (Å²) in [6.45, 7) is 4.18. The molecule has 0 spiro atoms. The Bertz CT molecular complexity index is 900. The standard InChI is InChI=1S/C20H24ClN5/c1-3-22-20(23-12-11-15-7-6-8-16(21)13-15)24-14-19-25-17-9-4-5-10-18(17)26(19)2/h4-10,13H,3,11-12,14H2,1-2H3,(H2,22,23,24). The lowest BCUT2D eigenvalue weighted by molar-refractivity contribution is 0.772. The molecule has 2 N–H and O–H groups in total. The van der Waals surface area contributed by atoms with Gasteiger partial charge in [0, 0.05) is 25.2 Å². The Morgan fingerprint density at radius 1 is 1.15 bits per heavy atom. The quantitative estimate of drug-likeness (QED) is 0.516. The number of guanidine groups is 1. The summed E-state index contributed by atoms with van der Waals surface area (Å²) < 4.78 is 2.09. The first-order valence-corrected chi connectivity index (χ1v) is 9.22. The van der Waals surface area contributed by atoms with Crippen molar-refractivity contribution in [3.8, 4) is 0 Å². The third-order valence-corrected chi connectivity index (χ3v) is 4.43. The van der Waals surface area contributed by atoms with Crippen molar-refractivity contribution >= 4 is 28.6 Å². The van der Waals surface area contributed by atoms with Gasteiger partial charge in [0.15, 0.2) is 5.96 Å². The molecule has 0 fully saturated rings. The Kier molecular flexibility index (Phi) is 6.12. The van der Waals surface area contributed by atoms with Crippen molar-refractivity contribution < 1.29 is 0 Å². The van der Waals surface area contributed by atoms with Gasteiger partial charge in [-0.05, 0) is 43.2 Å². The lowest BCUT2D eigenvalue weighted by Crippen LogP contribution is -2.38. The highest BCUT2D eigenvalue weighted by Gasteiger charge is 2.07. The second-order valence-corrected chi connectivity index (χ2v) is 6.51. The van der Waals surface area contributed by atoms with Gasteiger partial charge in [0.25, 0.3) is 0 Å². The van der Waals surface area contributed by atoms with Gasteiger partial charge >= 0.3 is 0 Å². The third-order valence-electron chi connectivity index (χ3n) is 4.20. The van der Waals surface area contributed by atoms with Crippen LogP contribution in [0.15, 0.2) is 53.5 Å². The number of aromatic nitrogens is 2. The van der Waals surface area contributed by atoms with Crippen molar-refractivity contribution in [1.82, 2.24) is 20.2 Å². The van der Waals surface area contributed by atoms with Crippen LogP contribution in [0.25, 0.3) is 11.0 Å². The first-order chi connectivity index (χ1) is 12.7. The maximum absolute atomic E-state index is 6.04. The van der Waals surface area contributed by atoms with Crippen LogP contribution in [-0.4, -0.2) is 28.6 Å². The van der Waals surface area contributed by atoms with Crippen molar-refractivity contribution in [3.63, 3.8) is 0 Å². The Labute approximate surface area is 159 Å². The van der Waals surface area contributed by atoms with Crippen LogP contribution in [0, 0.1) is 0 Å². The first-order valence-electron chi connectivity index (χ1n) is 8.84. The highest BCUT2D eigenvalue weighted by molar-refractivity contribution is 6.30. The molecule has 0 saturated heterocycles. The summed E-state index contributed by atoms with van der Waals surface area (Å²) in [6.07, 6.45) is 0.886. The maximum Gasteiger partial charge on any atom is 0.191 e. The molecule has 26 heavy (non-hydrogen) atoms. The number of nitrogens with zero attached hydrogens (tertiary/aromatic N) is 3. The minimum atomic E-state index is 0.525. The smallest absolute Gasteiger partial charge is 0.191 e. The number of aliphatic imine (C=N–C) groups is 1. The molecule has 6 heteroatoms. The van der Waals surface area contributed by atoms with Crippen molar-refractivity contribution in [2.24, 2.45) is 12.0 Å². The van der Waals surface area contributed by atoms with Gasteiger partial charge in [-0.3, -0.25) is 0 Å². The molecular formula is C20H24ClN5. The number of halogens is 1. The molecule has 0 bridgehead atoms. The van der Waals surface area contributed by atoms with E-state index in [9.17, 15) is 0 Å². The van der Waals surface area contributed by atoms with E-state index < -0.39 is 0 Å². The van der Waals surface area contributed by atoms with E-state index in [0.29, 0.717) is 6.54 Å². The maximum atomic E-state index is 6.04. The van der Waals surface area contributed by atoms with Gasteiger partial charge in [0.05, 0.1) is 11.0 Å². The van der Waals surface area contributed by atoms with Crippen LogP contribution in [0.1, 0.15) is 18.3 Å². The summed E-state index contributed by atoms with van der Waals surface area (Å²) in [5.74, 6) is 1.74. The lowest BCUT2D eigenvalue weighted by atomic mass is 10.1. The topological polar surface area (TPSA) is 54.2 Å². The van der Waals surface area contributed by atoms with Crippen LogP contribution < -0.4 is 10.6 Å². The Morgan fingerprint density at radius 3 is 2.77 bits per heavy atom. The minimum absolute atomic E-state index is 0.525. The predicted molar refractivity (Wildman–Crippen MR) is 109 cm³/mol. The van der Waals surface area contributed by atoms with Crippen LogP contribution in [0.3, 0.4) is 0 Å². The SMILES string of the molecule is CCNC(=NCc1nc2ccccc2n1C)NCCc1cccc(Cl)c1. The molecule has 0 aliphatic heterocycles. The van der Waals surface area contributed by atoms with Crippen molar-refractivity contribution in [2.45, 2.75) is 19.9 Å². The summed E-state index contributed by atoms with van der Waals surface area (Å²) in [7, 11) is 2.03. The van der Waals surface area contributed by atoms with Gasteiger partial charge in [-0.1, -0.05) is 35.9 Å². The number of nitrogens with one attached hydrogen (secondary N) is 2. The monoisotopic (exact) mass is 369 g/mol. The molecule has 1 heterocycles. The van der Waals surface area contributed by atoms with Crippen molar-refractivity contribution in [1.29, 1.82) is 0 Å². The van der Waals surface area contributed by atoms with E-state index in [1.807, 2.05) is 43.4 Å². The third kappa shape index (κ3) is 4.55. The van der Waals surface area contributed by atoms with Crippen LogP contribution in [-0.2, 0) is 20.0 Å². The van der Waals surface area contributed by atoms with E-state index in [0.717, 1.165) is 47.4 Å². The molecule has 136 valence electrons. The molecule has 3 rings (SSSR count). The van der Waals surface area contributed by atoms with Gasteiger partial charge in [-0.2, -0.15) is 0 Å². The highest BCUT2D eigenvalue weighted by Crippen LogP contribution is 2.14. The largest absolute Gasteiger partial charge is 0.357 e. The van der Waals surface area contributed by atoms with E-state index in [-0.39, 0.29) is 0 Å². The fourth-order valence-electron chi connectivity index (χ4n) is 2.85. The zero-order chi connectivity index (χ0) is 18.4. The van der Waals surface area contributed by atoms with Crippen molar-refractivity contribution in [3.05, 3.63) is 64.9 Å². The fourth-order valence-corrected chi connectivity index (χ4v) is 3.06. The minimum Gasteiger partial charge on any atom is -0.357 e. The average Bonchev–Trinajstić information content (AvgIpc) is 2.96. The lowest BCUT2D eigenvalue weighted by Gasteiger charge is -2.11. The summed E-state index contributed by atoms with van der Waals surface area (Å²) in [5, 5.41) is 7.42. The van der Waals surface area contributed by atoms with Crippen LogP contribution in [0.4, 0.5) is 0 Å². The predicted octanol–water partition coefficient (Wildman–Crippen LogP) is 3.52. The Morgan fingerprint density at radius 2 is 2.00 bits per heavy atom. The van der Waals surface area contributed by atoms with E-state index >= 15 is 0 Å². The molecule has 5 nitrogen and oxygen atoms in total. The number of hydrogen-bond donors (Lipinski definition) is 2. The molecule has 0 aliphatic rings. The Hall–Kier alpha value is -2.53. The Balaban J connectivity index is 1.63. The highest BCUT2D eigenvalue weighted by atomic mass is 35.5. The normalized spacial score (nSPS) is 11.7. The van der Waals surface area contributed by atoms with Gasteiger partial charge in [-0.25, -0.2) is 9.98 Å². The van der Waals surface area contributed by atoms with Crippen LogP contribution >= 0.6 is 11.6 Å². The van der Waals surface area contributed by atoms with Crippen molar-refractivity contribution in [2.75, 3.05) is 13.1 Å². The molecule has 0 saturated carbocycles. The van der Waals surface area contributed by atoms with Gasteiger partial charge in [-0.15, -0.1) is 0 Å². The molecule has 0 aliphatic carbocycles. The van der Waals surface area contributed by atoms with Gasteiger partial charge in [0.2, 0.25) is 0 Å². The molecular weight excluding hydrogens is 346 g/mol. The molecule has 3 aromatic rings. The van der Waals surface area contributed by atoms with E-state index in [1.165, 1.54) is 5.56 Å². The van der Waals surface area contributed by atoms with E-state index in [4.69, 9.17) is 11.6 Å². The van der Waals surface area contributed by atoms with E-state index in [2.05, 4.69) is 44.2 Å². The number of rotatable bonds is 6. The molecule has 0 atom stereocenters. The zero-order valence-electron chi connectivity index (χ0n) is 15.2. The molecule has 0 amide bonds. The second kappa shape index (κ2) is 8.72. The van der Waals surface area contributed by atoms with Crippen LogP contribution in [0.2, 0.25) is 5.02 Å². The molecule has 0 unspecified atom stereocenters. The summed E-state index contributed by atoms with van der Waals surface area (Å²) in [6, 6.07) is 16.1.